The summed E-state index contributed by atoms with van der Waals surface area (Å²) >= 11 is 6.53. The van der Waals surface area contributed by atoms with Crippen LogP contribution in [0.3, 0.4) is 0 Å². The first-order valence-electron chi connectivity index (χ1n) is 5.07. The highest BCUT2D eigenvalue weighted by Crippen LogP contribution is 2.28. The topological polar surface area (TPSA) is 29.5 Å². The Morgan fingerprint density at radius 3 is 2.56 bits per heavy atom. The summed E-state index contributed by atoms with van der Waals surface area (Å²) in [6, 6.07) is 5.25. The molecule has 0 aliphatic heterocycles. The summed E-state index contributed by atoms with van der Waals surface area (Å²) in [5.74, 6) is 0. The van der Waals surface area contributed by atoms with Crippen molar-refractivity contribution in [3.63, 3.8) is 0 Å². The fraction of sp³-hybridized carbons (Fsp3) is 0.455. The minimum absolute atomic E-state index is 0.102. The molecule has 2 nitrogen and oxygen atoms in total. The van der Waals surface area contributed by atoms with Gasteiger partial charge in [0, 0.05) is 22.0 Å². The van der Waals surface area contributed by atoms with Crippen molar-refractivity contribution in [3.8, 4) is 0 Å². The Kier molecular flexibility index (Phi) is 6.10. The van der Waals surface area contributed by atoms with Crippen molar-refractivity contribution < 1.29 is 23.0 Å². The minimum Gasteiger partial charge on any atom is -0.388 e. The molecule has 102 valence electrons. The molecule has 0 aliphatic carbocycles. The molecule has 0 heterocycles. The van der Waals surface area contributed by atoms with Gasteiger partial charge in [-0.1, -0.05) is 31.9 Å². The highest BCUT2D eigenvalue weighted by molar-refractivity contribution is 9.11. The van der Waals surface area contributed by atoms with E-state index in [-0.39, 0.29) is 13.0 Å². The third-order valence-corrected chi connectivity index (χ3v) is 3.33. The molecular weight excluding hydrogens is 381 g/mol. The van der Waals surface area contributed by atoms with Gasteiger partial charge in [-0.15, -0.1) is 0 Å². The fourth-order valence-corrected chi connectivity index (χ4v) is 2.20. The van der Waals surface area contributed by atoms with Crippen LogP contribution in [-0.2, 0) is 4.74 Å². The van der Waals surface area contributed by atoms with Crippen molar-refractivity contribution in [3.05, 3.63) is 32.7 Å². The summed E-state index contributed by atoms with van der Waals surface area (Å²) in [5.41, 5.74) is 0.611. The van der Waals surface area contributed by atoms with Crippen molar-refractivity contribution in [2.24, 2.45) is 0 Å². The average molecular weight is 392 g/mol. The summed E-state index contributed by atoms with van der Waals surface area (Å²) < 4.78 is 41.4. The average Bonchev–Trinajstić information content (AvgIpc) is 2.26. The predicted molar refractivity (Wildman–Crippen MR) is 68.3 cm³/mol. The first-order chi connectivity index (χ1) is 8.29. The van der Waals surface area contributed by atoms with Crippen LogP contribution in [0, 0.1) is 0 Å². The lowest BCUT2D eigenvalue weighted by Gasteiger charge is -2.14. The molecule has 0 fully saturated rings. The number of benzene rings is 1. The minimum atomic E-state index is -4.33. The van der Waals surface area contributed by atoms with Crippen LogP contribution in [0.4, 0.5) is 13.2 Å². The van der Waals surface area contributed by atoms with E-state index < -0.39 is 18.9 Å². The molecule has 1 rings (SSSR count). The summed E-state index contributed by atoms with van der Waals surface area (Å²) in [7, 11) is 0. The summed E-state index contributed by atoms with van der Waals surface area (Å²) in [5, 5.41) is 9.84. The van der Waals surface area contributed by atoms with Crippen molar-refractivity contribution >= 4 is 31.9 Å². The third-order valence-electron chi connectivity index (χ3n) is 2.12. The van der Waals surface area contributed by atoms with E-state index in [0.29, 0.717) is 10.0 Å². The molecule has 18 heavy (non-hydrogen) atoms. The zero-order valence-corrected chi connectivity index (χ0v) is 12.3. The highest BCUT2D eigenvalue weighted by atomic mass is 79.9. The molecule has 0 amide bonds. The van der Waals surface area contributed by atoms with Gasteiger partial charge in [0.1, 0.15) is 6.61 Å². The van der Waals surface area contributed by atoms with Crippen LogP contribution < -0.4 is 0 Å². The highest BCUT2D eigenvalue weighted by Gasteiger charge is 2.27. The number of aliphatic hydroxyl groups excluding tert-OH is 1. The molecule has 1 N–H and O–H groups in total. The van der Waals surface area contributed by atoms with Gasteiger partial charge in [-0.25, -0.2) is 0 Å². The Morgan fingerprint density at radius 1 is 1.28 bits per heavy atom. The molecule has 0 saturated carbocycles. The molecule has 0 aliphatic rings. The second-order valence-corrected chi connectivity index (χ2v) is 5.41. The van der Waals surface area contributed by atoms with Crippen molar-refractivity contribution in [1.82, 2.24) is 0 Å². The molecule has 1 aromatic carbocycles. The largest absolute Gasteiger partial charge is 0.411 e. The maximum absolute atomic E-state index is 11.8. The van der Waals surface area contributed by atoms with Gasteiger partial charge in [0.15, 0.2) is 0 Å². The van der Waals surface area contributed by atoms with E-state index in [1.807, 2.05) is 0 Å². The summed E-state index contributed by atoms with van der Waals surface area (Å²) in [6.07, 6.45) is -5.10. The lowest BCUT2D eigenvalue weighted by atomic mass is 10.1. The van der Waals surface area contributed by atoms with Gasteiger partial charge < -0.3 is 9.84 Å². The summed E-state index contributed by atoms with van der Waals surface area (Å²) in [6.45, 7) is -1.45. The smallest absolute Gasteiger partial charge is 0.388 e. The van der Waals surface area contributed by atoms with Crippen LogP contribution in [0.2, 0.25) is 0 Å². The lowest BCUT2D eigenvalue weighted by Crippen LogP contribution is -2.18. The number of hydrogen-bond acceptors (Lipinski definition) is 2. The first kappa shape index (κ1) is 15.9. The zero-order valence-electron chi connectivity index (χ0n) is 9.18. The van der Waals surface area contributed by atoms with E-state index in [0.717, 1.165) is 4.47 Å². The predicted octanol–water partition coefficient (Wildman–Crippen LogP) is 4.21. The monoisotopic (exact) mass is 390 g/mol. The van der Waals surface area contributed by atoms with Gasteiger partial charge in [-0.2, -0.15) is 13.2 Å². The number of alkyl halides is 3. The molecule has 1 aromatic rings. The molecule has 0 spiro atoms. The molecule has 1 unspecified atom stereocenters. The maximum atomic E-state index is 11.8. The van der Waals surface area contributed by atoms with Gasteiger partial charge in [0.25, 0.3) is 0 Å². The molecular formula is C11H11Br2F3O2. The van der Waals surface area contributed by atoms with Gasteiger partial charge in [-0.05, 0) is 23.8 Å². The number of halogens is 5. The van der Waals surface area contributed by atoms with Crippen LogP contribution >= 0.6 is 31.9 Å². The summed E-state index contributed by atoms with van der Waals surface area (Å²) in [4.78, 5) is 0. The second kappa shape index (κ2) is 6.88. The Balaban J connectivity index is 2.45. The normalized spacial score (nSPS) is 13.7. The first-order valence-corrected chi connectivity index (χ1v) is 6.65. The molecule has 7 heteroatoms. The van der Waals surface area contributed by atoms with Crippen molar-refractivity contribution in [1.29, 1.82) is 0 Å². The number of hydrogen-bond donors (Lipinski definition) is 1. The number of rotatable bonds is 5. The Bertz CT molecular complexity index is 396. The van der Waals surface area contributed by atoms with Gasteiger partial charge in [0.05, 0.1) is 6.10 Å². The zero-order chi connectivity index (χ0) is 13.8. The molecule has 1 atom stereocenters. The van der Waals surface area contributed by atoms with E-state index in [4.69, 9.17) is 0 Å². The maximum Gasteiger partial charge on any atom is 0.411 e. The van der Waals surface area contributed by atoms with Crippen LogP contribution in [-0.4, -0.2) is 24.5 Å². The molecule has 0 bridgehead atoms. The lowest BCUT2D eigenvalue weighted by molar-refractivity contribution is -0.175. The number of ether oxygens (including phenoxy) is 1. The third kappa shape index (κ3) is 5.69. The van der Waals surface area contributed by atoms with E-state index >= 15 is 0 Å². The molecule has 0 radical (unpaired) electrons. The van der Waals surface area contributed by atoms with Crippen molar-refractivity contribution in [2.75, 3.05) is 13.2 Å². The van der Waals surface area contributed by atoms with E-state index in [1.165, 1.54) is 0 Å². The Morgan fingerprint density at radius 2 is 1.94 bits per heavy atom. The standard InChI is InChI=1S/C11H11Br2F3O2/c12-7-1-2-9(13)8(5-7)10(17)3-4-18-6-11(14,15)16/h1-2,5,10,17H,3-4,6H2. The second-order valence-electron chi connectivity index (χ2n) is 3.64. The van der Waals surface area contributed by atoms with Crippen LogP contribution in [0.15, 0.2) is 27.1 Å². The van der Waals surface area contributed by atoms with Gasteiger partial charge >= 0.3 is 6.18 Å². The fourth-order valence-electron chi connectivity index (χ4n) is 1.31. The van der Waals surface area contributed by atoms with Crippen LogP contribution in [0.25, 0.3) is 0 Å². The van der Waals surface area contributed by atoms with E-state index in [1.54, 1.807) is 18.2 Å². The Labute approximate surface area is 119 Å². The molecule has 0 aromatic heterocycles. The quantitative estimate of drug-likeness (QED) is 0.761. The van der Waals surface area contributed by atoms with E-state index in [9.17, 15) is 18.3 Å². The van der Waals surface area contributed by atoms with Crippen LogP contribution in [0.1, 0.15) is 18.1 Å². The Hall–Kier alpha value is -0.110. The van der Waals surface area contributed by atoms with Gasteiger partial charge in [-0.3, -0.25) is 0 Å². The van der Waals surface area contributed by atoms with Crippen molar-refractivity contribution in [2.45, 2.75) is 18.7 Å². The van der Waals surface area contributed by atoms with Gasteiger partial charge in [0.2, 0.25) is 0 Å². The van der Waals surface area contributed by atoms with Crippen LogP contribution in [0.5, 0.6) is 0 Å². The molecule has 0 saturated heterocycles. The van der Waals surface area contributed by atoms with E-state index in [2.05, 4.69) is 36.6 Å². The number of aliphatic hydroxyl groups is 1. The SMILES string of the molecule is OC(CCOCC(F)(F)F)c1cc(Br)ccc1Br.